The zero-order valence-corrected chi connectivity index (χ0v) is 23.4. The van der Waals surface area contributed by atoms with Gasteiger partial charge in [-0.2, -0.15) is 0 Å². The zero-order valence-electron chi connectivity index (χ0n) is 23.4. The van der Waals surface area contributed by atoms with E-state index in [1.54, 1.807) is 13.1 Å². The monoisotopic (exact) mass is 529 g/mol. The summed E-state index contributed by atoms with van der Waals surface area (Å²) in [5.74, 6) is 1.19. The summed E-state index contributed by atoms with van der Waals surface area (Å²) in [5, 5.41) is 0. The highest BCUT2D eigenvalue weighted by Gasteiger charge is 2.51. The summed E-state index contributed by atoms with van der Waals surface area (Å²) < 4.78 is 0. The molecule has 0 N–H and O–H groups in total. The molecule has 0 aliphatic heterocycles. The lowest BCUT2D eigenvalue weighted by Gasteiger charge is -2.30. The molecule has 41 heavy (non-hydrogen) atoms. The first-order chi connectivity index (χ1) is 20.2. The Bertz CT molecular complexity index is 1780. The van der Waals surface area contributed by atoms with Gasteiger partial charge >= 0.3 is 0 Å². The highest BCUT2D eigenvalue weighted by atomic mass is 15.0. The van der Waals surface area contributed by atoms with Crippen LogP contribution in [0.4, 0.5) is 0 Å². The largest absolute Gasteiger partial charge is 0.270 e. The number of aliphatic imine (C=N–C) groups is 3. The van der Waals surface area contributed by atoms with Crippen molar-refractivity contribution in [3.63, 3.8) is 0 Å². The lowest BCUT2D eigenvalue weighted by atomic mass is 9.70. The van der Waals surface area contributed by atoms with Crippen LogP contribution in [0.2, 0.25) is 0 Å². The summed E-state index contributed by atoms with van der Waals surface area (Å²) in [6.07, 6.45) is 1.75. The van der Waals surface area contributed by atoms with E-state index in [1.165, 1.54) is 44.5 Å². The van der Waals surface area contributed by atoms with Gasteiger partial charge in [0.2, 0.25) is 0 Å². The average molecular weight is 530 g/mol. The van der Waals surface area contributed by atoms with Crippen molar-refractivity contribution in [2.24, 2.45) is 15.0 Å². The van der Waals surface area contributed by atoms with Crippen molar-refractivity contribution < 1.29 is 0 Å². The second-order valence-corrected chi connectivity index (χ2v) is 10.1. The van der Waals surface area contributed by atoms with E-state index in [0.717, 1.165) is 11.1 Å². The first-order valence-corrected chi connectivity index (χ1v) is 13.8. The number of allylic oxidation sites excluding steroid dienone is 1. The van der Waals surface area contributed by atoms with E-state index in [4.69, 9.17) is 4.99 Å². The van der Waals surface area contributed by atoms with Crippen LogP contribution >= 0.6 is 0 Å². The lowest BCUT2D eigenvalue weighted by Crippen LogP contribution is -2.26. The van der Waals surface area contributed by atoms with Gasteiger partial charge in [-0.3, -0.25) is 4.99 Å². The number of hydrogen-bond donors (Lipinski definition) is 0. The maximum atomic E-state index is 4.87. The van der Waals surface area contributed by atoms with E-state index in [9.17, 15) is 0 Å². The van der Waals surface area contributed by atoms with Gasteiger partial charge in [0.1, 0.15) is 0 Å². The Kier molecular flexibility index (Phi) is 6.86. The Hall–Kier alpha value is -5.15. The number of hydrogen-bond acceptors (Lipinski definition) is 1. The first kappa shape index (κ1) is 26.1. The van der Waals surface area contributed by atoms with Crippen molar-refractivity contribution in [1.82, 2.24) is 0 Å². The summed E-state index contributed by atoms with van der Waals surface area (Å²) in [6, 6.07) is 43.0. The second kappa shape index (κ2) is 10.8. The minimum Gasteiger partial charge on any atom is -0.270 e. The molecular formula is C38H31N3. The van der Waals surface area contributed by atoms with Crippen molar-refractivity contribution in [2.75, 3.05) is 7.05 Å². The van der Waals surface area contributed by atoms with Gasteiger partial charge in [0.15, 0.2) is 11.7 Å². The van der Waals surface area contributed by atoms with Crippen molar-refractivity contribution in [1.29, 1.82) is 0 Å². The highest BCUT2D eigenvalue weighted by Crippen LogP contribution is 2.62. The molecule has 5 aromatic carbocycles. The van der Waals surface area contributed by atoms with Crippen LogP contribution in [0.1, 0.15) is 40.3 Å². The summed E-state index contributed by atoms with van der Waals surface area (Å²) in [7, 11) is 1.78. The summed E-state index contributed by atoms with van der Waals surface area (Å²) in [6.45, 7) is 9.03. The first-order valence-electron chi connectivity index (χ1n) is 13.8. The van der Waals surface area contributed by atoms with Gasteiger partial charge in [-0.05, 0) is 64.2 Å². The minimum absolute atomic E-state index is 0.392. The Morgan fingerprint density at radius 1 is 0.585 bits per heavy atom. The Morgan fingerprint density at radius 3 is 1.54 bits per heavy atom. The van der Waals surface area contributed by atoms with Crippen LogP contribution in [0, 0.1) is 0 Å². The fourth-order valence-corrected chi connectivity index (χ4v) is 6.36. The molecule has 0 aromatic heterocycles. The van der Waals surface area contributed by atoms with Crippen LogP contribution in [0.5, 0.6) is 0 Å². The van der Waals surface area contributed by atoms with Crippen molar-refractivity contribution >= 4 is 18.4 Å². The molecule has 198 valence electrons. The van der Waals surface area contributed by atoms with Crippen molar-refractivity contribution in [3.8, 4) is 22.3 Å². The molecule has 3 heteroatoms. The highest BCUT2D eigenvalue weighted by molar-refractivity contribution is 6.13. The predicted octanol–water partition coefficient (Wildman–Crippen LogP) is 8.75. The topological polar surface area (TPSA) is 37.1 Å². The quantitative estimate of drug-likeness (QED) is 0.122. The predicted molar refractivity (Wildman–Crippen MR) is 174 cm³/mol. The molecule has 2 aliphatic rings. The molecule has 1 spiro atoms. The van der Waals surface area contributed by atoms with Gasteiger partial charge in [0.25, 0.3) is 0 Å². The third-order valence-electron chi connectivity index (χ3n) is 7.86. The Balaban J connectivity index is 0.000000967. The van der Waals surface area contributed by atoms with E-state index in [2.05, 4.69) is 114 Å². The molecule has 0 unspecified atom stereocenters. The Morgan fingerprint density at radius 2 is 1.05 bits per heavy atom. The fraction of sp³-hybridized carbons (Fsp3) is 0.0789. The molecule has 0 atom stereocenters. The molecule has 2 aliphatic carbocycles. The molecule has 3 nitrogen and oxygen atoms in total. The normalized spacial score (nSPS) is 13.8. The van der Waals surface area contributed by atoms with E-state index >= 15 is 0 Å². The third kappa shape index (κ3) is 4.01. The molecule has 0 heterocycles. The standard InChI is InChI=1S/C35H25N3.C3H6/c1-36-33(23-12-4-3-5-13-23)38-34(37-2)24-20-21-28-27-16-8-11-19-31(27)35(32(28)22-24)29-17-9-6-14-25(29)26-15-7-10-18-30(26)35;1-3-2/h3-22H,1H2,2H3;3H,1H2,2H3. The van der Waals surface area contributed by atoms with Gasteiger partial charge < -0.3 is 0 Å². The van der Waals surface area contributed by atoms with Crippen LogP contribution in [0.3, 0.4) is 0 Å². The van der Waals surface area contributed by atoms with E-state index in [-0.39, 0.29) is 0 Å². The summed E-state index contributed by atoms with van der Waals surface area (Å²) in [5.41, 5.74) is 11.8. The number of benzene rings is 5. The van der Waals surface area contributed by atoms with Gasteiger partial charge in [0.05, 0.1) is 5.41 Å². The molecule has 0 saturated carbocycles. The molecule has 0 amide bonds. The molecule has 0 fully saturated rings. The maximum Gasteiger partial charge on any atom is 0.161 e. The van der Waals surface area contributed by atoms with E-state index in [0.29, 0.717) is 11.7 Å². The minimum atomic E-state index is -0.392. The van der Waals surface area contributed by atoms with Gasteiger partial charge in [0, 0.05) is 18.2 Å². The number of amidine groups is 2. The van der Waals surface area contributed by atoms with Crippen LogP contribution in [-0.4, -0.2) is 25.4 Å². The molecule has 0 bridgehead atoms. The number of fused-ring (bicyclic) bond motifs is 10. The van der Waals surface area contributed by atoms with Crippen LogP contribution in [0.25, 0.3) is 22.3 Å². The molecule has 0 radical (unpaired) electrons. The van der Waals surface area contributed by atoms with Crippen molar-refractivity contribution in [2.45, 2.75) is 12.3 Å². The average Bonchev–Trinajstić information content (AvgIpc) is 3.50. The van der Waals surface area contributed by atoms with Gasteiger partial charge in [-0.25, -0.2) is 9.98 Å². The molecule has 0 saturated heterocycles. The summed E-state index contributed by atoms with van der Waals surface area (Å²) in [4.78, 5) is 13.7. The van der Waals surface area contributed by atoms with Crippen LogP contribution in [-0.2, 0) is 5.41 Å². The molecular weight excluding hydrogens is 498 g/mol. The molecule has 5 aromatic rings. The number of rotatable bonds is 2. The fourth-order valence-electron chi connectivity index (χ4n) is 6.36. The third-order valence-corrected chi connectivity index (χ3v) is 7.86. The molecule has 7 rings (SSSR count). The van der Waals surface area contributed by atoms with E-state index in [1.807, 2.05) is 37.3 Å². The smallest absolute Gasteiger partial charge is 0.161 e. The zero-order chi connectivity index (χ0) is 28.4. The second-order valence-electron chi connectivity index (χ2n) is 10.1. The van der Waals surface area contributed by atoms with E-state index < -0.39 is 5.41 Å². The number of nitrogens with zero attached hydrogens (tertiary/aromatic N) is 3. The SMILES string of the molecule is C=CC.C=NC(=NC(=NC)c1ccc2c(c1)C1(c3ccccc3-c3ccccc31)c1ccccc1-2)c1ccccc1. The lowest BCUT2D eigenvalue weighted by molar-refractivity contribution is 0.793. The Labute approximate surface area is 242 Å². The van der Waals surface area contributed by atoms with Gasteiger partial charge in [-0.15, -0.1) is 6.58 Å². The van der Waals surface area contributed by atoms with Crippen molar-refractivity contribution in [3.05, 3.63) is 167 Å². The van der Waals surface area contributed by atoms with Crippen LogP contribution in [0.15, 0.2) is 149 Å². The summed E-state index contributed by atoms with van der Waals surface area (Å²) >= 11 is 0. The van der Waals surface area contributed by atoms with Crippen LogP contribution < -0.4 is 0 Å². The van der Waals surface area contributed by atoms with Gasteiger partial charge in [-0.1, -0.05) is 121 Å². The maximum absolute atomic E-state index is 4.87.